The Morgan fingerprint density at radius 2 is 1.83 bits per heavy atom. The molecular formula is C27H26ClN5O2. The molecule has 1 fully saturated rings. The largest absolute Gasteiger partial charge is 0.382 e. The first kappa shape index (κ1) is 23.3. The molecule has 7 nitrogen and oxygen atoms in total. The molecule has 0 spiro atoms. The third-order valence-corrected chi connectivity index (χ3v) is 6.78. The van der Waals surface area contributed by atoms with Crippen molar-refractivity contribution in [2.45, 2.75) is 51.6 Å². The average Bonchev–Trinajstić information content (AvgIpc) is 3.63. The van der Waals surface area contributed by atoms with E-state index in [2.05, 4.69) is 19.9 Å². The van der Waals surface area contributed by atoms with Gasteiger partial charge in [0.2, 0.25) is 0 Å². The van der Waals surface area contributed by atoms with Gasteiger partial charge in [0.25, 0.3) is 5.56 Å². The second-order valence-electron chi connectivity index (χ2n) is 9.58. The van der Waals surface area contributed by atoms with Crippen LogP contribution in [0.1, 0.15) is 60.4 Å². The summed E-state index contributed by atoms with van der Waals surface area (Å²) in [6.45, 7) is 7.08. The smallest absolute Gasteiger partial charge is 0.274 e. The van der Waals surface area contributed by atoms with E-state index in [0.717, 1.165) is 28.9 Å². The molecule has 1 saturated carbocycles. The quantitative estimate of drug-likeness (QED) is 0.432. The molecule has 178 valence electrons. The Kier molecular flexibility index (Phi) is 5.77. The monoisotopic (exact) mass is 487 g/mol. The van der Waals surface area contributed by atoms with E-state index in [1.165, 1.54) is 0 Å². The highest BCUT2D eigenvalue weighted by Gasteiger charge is 2.42. The van der Waals surface area contributed by atoms with Crippen LogP contribution in [-0.4, -0.2) is 29.6 Å². The number of nitrogens with zero attached hydrogens (tertiary/aromatic N) is 5. The highest BCUT2D eigenvalue weighted by molar-refractivity contribution is 6.31. The van der Waals surface area contributed by atoms with Gasteiger partial charge in [0.1, 0.15) is 10.6 Å². The fourth-order valence-electron chi connectivity index (χ4n) is 4.46. The first-order valence-corrected chi connectivity index (χ1v) is 11.9. The van der Waals surface area contributed by atoms with E-state index in [1.54, 1.807) is 43.1 Å². The van der Waals surface area contributed by atoms with E-state index in [0.29, 0.717) is 22.9 Å². The molecule has 0 amide bonds. The first-order chi connectivity index (χ1) is 16.6. The fraction of sp³-hybridized carbons (Fsp3) is 0.296. The minimum atomic E-state index is -1.18. The maximum atomic E-state index is 13.5. The molecule has 5 rings (SSSR count). The Balaban J connectivity index is 1.55. The van der Waals surface area contributed by atoms with Gasteiger partial charge in [-0.2, -0.15) is 0 Å². The van der Waals surface area contributed by atoms with Crippen LogP contribution in [0, 0.1) is 13.8 Å². The normalized spacial score (nSPS) is 17.4. The van der Waals surface area contributed by atoms with Crippen LogP contribution >= 0.6 is 11.6 Å². The van der Waals surface area contributed by atoms with Crippen LogP contribution in [0.3, 0.4) is 0 Å². The van der Waals surface area contributed by atoms with Crippen LogP contribution in [0.15, 0.2) is 59.8 Å². The summed E-state index contributed by atoms with van der Waals surface area (Å²) in [5, 5.41) is 10.5. The van der Waals surface area contributed by atoms with E-state index < -0.39 is 5.60 Å². The molecule has 0 radical (unpaired) electrons. The maximum absolute atomic E-state index is 13.5. The molecule has 0 aliphatic heterocycles. The molecular weight excluding hydrogens is 462 g/mol. The first-order valence-electron chi connectivity index (χ1n) is 11.5. The lowest BCUT2D eigenvalue weighted by Gasteiger charge is -2.17. The van der Waals surface area contributed by atoms with Gasteiger partial charge >= 0.3 is 0 Å². The molecule has 1 aliphatic rings. The third kappa shape index (κ3) is 4.37. The molecule has 0 saturated heterocycles. The highest BCUT2D eigenvalue weighted by atomic mass is 35.5. The molecule has 4 heterocycles. The van der Waals surface area contributed by atoms with Gasteiger partial charge in [-0.1, -0.05) is 17.7 Å². The van der Waals surface area contributed by atoms with Crippen LogP contribution in [0.4, 0.5) is 0 Å². The number of hydrogen-bond acceptors (Lipinski definition) is 6. The zero-order valence-corrected chi connectivity index (χ0v) is 20.8. The van der Waals surface area contributed by atoms with Crippen LogP contribution < -0.4 is 5.56 Å². The van der Waals surface area contributed by atoms with Gasteiger partial charge in [-0.05, 0) is 81.5 Å². The summed E-state index contributed by atoms with van der Waals surface area (Å²) in [5.41, 5.74) is 3.90. The van der Waals surface area contributed by atoms with Crippen molar-refractivity contribution >= 4 is 11.6 Å². The molecule has 8 heteroatoms. The van der Waals surface area contributed by atoms with Crippen molar-refractivity contribution in [1.29, 1.82) is 0 Å². The predicted octanol–water partition coefficient (Wildman–Crippen LogP) is 4.85. The van der Waals surface area contributed by atoms with Crippen molar-refractivity contribution in [2.24, 2.45) is 0 Å². The summed E-state index contributed by atoms with van der Waals surface area (Å²) < 4.78 is 1.63. The lowest BCUT2D eigenvalue weighted by molar-refractivity contribution is 0.0688. The van der Waals surface area contributed by atoms with Gasteiger partial charge in [0, 0.05) is 35.9 Å². The van der Waals surface area contributed by atoms with Crippen LogP contribution in [0.2, 0.25) is 5.02 Å². The van der Waals surface area contributed by atoms with Gasteiger partial charge in [0.15, 0.2) is 5.82 Å². The molecule has 1 aliphatic carbocycles. The van der Waals surface area contributed by atoms with E-state index >= 15 is 0 Å². The molecule has 0 aromatic carbocycles. The Morgan fingerprint density at radius 3 is 2.54 bits per heavy atom. The molecule has 35 heavy (non-hydrogen) atoms. The fourth-order valence-corrected chi connectivity index (χ4v) is 4.73. The summed E-state index contributed by atoms with van der Waals surface area (Å²) >= 11 is 6.67. The second-order valence-corrected chi connectivity index (χ2v) is 9.96. The van der Waals surface area contributed by atoms with E-state index in [1.807, 2.05) is 44.2 Å². The summed E-state index contributed by atoms with van der Waals surface area (Å²) in [7, 11) is 0. The Bertz CT molecular complexity index is 1480. The maximum Gasteiger partial charge on any atom is 0.274 e. The van der Waals surface area contributed by atoms with Crippen molar-refractivity contribution in [3.8, 4) is 17.1 Å². The molecule has 4 aromatic rings. The predicted molar refractivity (Wildman–Crippen MR) is 135 cm³/mol. The van der Waals surface area contributed by atoms with Gasteiger partial charge in [-0.15, -0.1) is 0 Å². The minimum absolute atomic E-state index is 0.189. The molecule has 2 atom stereocenters. The Labute approximate surface area is 208 Å². The standard InChI is InChI=1S/C27H26ClN5O2/c1-15-14-31-22(21-8-10-30-26(32-21)27(3,4)35)13-23(15)33-16(2)11-19(24(28)25(33)34)17-12-18(17)20-7-5-6-9-29-20/h5-11,13-14,17-18,35H,12H2,1-4H3/t17-,18-/m0/s1. The van der Waals surface area contributed by atoms with Crippen LogP contribution in [-0.2, 0) is 5.60 Å². The third-order valence-electron chi connectivity index (χ3n) is 6.40. The zero-order valence-electron chi connectivity index (χ0n) is 20.0. The van der Waals surface area contributed by atoms with Gasteiger partial charge in [-0.25, -0.2) is 9.97 Å². The molecule has 4 aromatic heterocycles. The summed E-state index contributed by atoms with van der Waals surface area (Å²) in [4.78, 5) is 31.1. The van der Waals surface area contributed by atoms with Crippen LogP contribution in [0.5, 0.6) is 0 Å². The number of aromatic nitrogens is 5. The van der Waals surface area contributed by atoms with Crippen LogP contribution in [0.25, 0.3) is 17.1 Å². The number of halogens is 1. The minimum Gasteiger partial charge on any atom is -0.382 e. The van der Waals surface area contributed by atoms with Gasteiger partial charge < -0.3 is 5.11 Å². The number of aryl methyl sites for hydroxylation is 2. The molecule has 0 bridgehead atoms. The zero-order chi connectivity index (χ0) is 24.9. The van der Waals surface area contributed by atoms with Crippen molar-refractivity contribution in [1.82, 2.24) is 24.5 Å². The number of pyridine rings is 3. The molecule has 1 N–H and O–H groups in total. The lowest BCUT2D eigenvalue weighted by Crippen LogP contribution is -2.23. The van der Waals surface area contributed by atoms with Gasteiger partial charge in [0.05, 0.1) is 17.1 Å². The molecule has 0 unspecified atom stereocenters. The topological polar surface area (TPSA) is 93.8 Å². The Hall–Kier alpha value is -3.42. The average molecular weight is 488 g/mol. The van der Waals surface area contributed by atoms with Crippen molar-refractivity contribution in [3.63, 3.8) is 0 Å². The summed E-state index contributed by atoms with van der Waals surface area (Å²) in [6.07, 6.45) is 6.02. The van der Waals surface area contributed by atoms with E-state index in [-0.39, 0.29) is 22.4 Å². The summed E-state index contributed by atoms with van der Waals surface area (Å²) in [6, 6.07) is 11.5. The van der Waals surface area contributed by atoms with E-state index in [4.69, 9.17) is 11.6 Å². The second kappa shape index (κ2) is 8.66. The number of aliphatic hydroxyl groups is 1. The van der Waals surface area contributed by atoms with E-state index in [9.17, 15) is 9.90 Å². The SMILES string of the molecule is Cc1cnc(-c2ccnc(C(C)(C)O)n2)cc1-n1c(C)cc([C@H]2C[C@@H]2c2ccccn2)c(Cl)c1=O. The van der Waals surface area contributed by atoms with Crippen molar-refractivity contribution < 1.29 is 5.11 Å². The highest BCUT2D eigenvalue weighted by Crippen LogP contribution is 2.55. The van der Waals surface area contributed by atoms with Crippen molar-refractivity contribution in [2.75, 3.05) is 0 Å². The van der Waals surface area contributed by atoms with Crippen molar-refractivity contribution in [3.05, 3.63) is 98.7 Å². The number of rotatable bonds is 5. The van der Waals surface area contributed by atoms with Gasteiger partial charge in [-0.3, -0.25) is 19.3 Å². The Morgan fingerprint density at radius 1 is 1.03 bits per heavy atom. The number of hydrogen-bond donors (Lipinski definition) is 1. The lowest BCUT2D eigenvalue weighted by atomic mass is 10.1. The summed E-state index contributed by atoms with van der Waals surface area (Å²) in [5.74, 6) is 0.765.